The summed E-state index contributed by atoms with van der Waals surface area (Å²) in [6, 6.07) is 3.86. The fraction of sp³-hybridized carbons (Fsp3) is 0.500. The van der Waals surface area contributed by atoms with Gasteiger partial charge in [-0.15, -0.1) is 0 Å². The molecule has 2 atom stereocenters. The fourth-order valence-electron chi connectivity index (χ4n) is 3.31. The number of hydrogen-bond acceptors (Lipinski definition) is 4. The minimum atomic E-state index is -0.725. The average molecular weight is 408 g/mol. The molecule has 0 saturated heterocycles. The SMILES string of the molecule is Cc1nc(-c2cnn(C)c2CBr)ccc1OC1CCCC(C(=O)O)C1. The Balaban J connectivity index is 1.77. The van der Waals surface area contributed by atoms with E-state index in [0.717, 1.165) is 47.7 Å². The van der Waals surface area contributed by atoms with Gasteiger partial charge in [0.05, 0.1) is 35.3 Å². The van der Waals surface area contributed by atoms with Crippen LogP contribution in [-0.4, -0.2) is 31.9 Å². The smallest absolute Gasteiger partial charge is 0.306 e. The summed E-state index contributed by atoms with van der Waals surface area (Å²) in [5, 5.41) is 14.2. The zero-order valence-corrected chi connectivity index (χ0v) is 16.0. The lowest BCUT2D eigenvalue weighted by molar-refractivity contribution is -0.143. The van der Waals surface area contributed by atoms with E-state index in [0.29, 0.717) is 11.8 Å². The molecular weight excluding hydrogens is 386 g/mol. The van der Waals surface area contributed by atoms with E-state index >= 15 is 0 Å². The number of carboxylic acid groups (broad SMARTS) is 1. The molecule has 25 heavy (non-hydrogen) atoms. The van der Waals surface area contributed by atoms with Crippen molar-refractivity contribution in [3.63, 3.8) is 0 Å². The van der Waals surface area contributed by atoms with Gasteiger partial charge in [0, 0.05) is 17.9 Å². The van der Waals surface area contributed by atoms with Crippen LogP contribution in [0.25, 0.3) is 11.3 Å². The van der Waals surface area contributed by atoms with E-state index in [1.54, 1.807) is 0 Å². The molecule has 1 aliphatic rings. The van der Waals surface area contributed by atoms with Gasteiger partial charge in [-0.05, 0) is 44.7 Å². The van der Waals surface area contributed by atoms with Crippen LogP contribution in [0.2, 0.25) is 0 Å². The molecular formula is C18H22BrN3O3. The van der Waals surface area contributed by atoms with Crippen LogP contribution in [0.4, 0.5) is 0 Å². The summed E-state index contributed by atoms with van der Waals surface area (Å²) >= 11 is 3.49. The molecule has 0 aromatic carbocycles. The summed E-state index contributed by atoms with van der Waals surface area (Å²) in [4.78, 5) is 15.9. The van der Waals surface area contributed by atoms with Crippen LogP contribution in [0.1, 0.15) is 37.1 Å². The summed E-state index contributed by atoms with van der Waals surface area (Å²) < 4.78 is 7.90. The predicted molar refractivity (Wildman–Crippen MR) is 97.8 cm³/mol. The number of pyridine rings is 1. The van der Waals surface area contributed by atoms with Crippen molar-refractivity contribution in [1.29, 1.82) is 0 Å². The molecule has 2 aromatic rings. The zero-order valence-electron chi connectivity index (χ0n) is 14.4. The second kappa shape index (κ2) is 7.56. The molecule has 7 heteroatoms. The van der Waals surface area contributed by atoms with Crippen molar-refractivity contribution in [3.05, 3.63) is 29.7 Å². The maximum absolute atomic E-state index is 11.2. The van der Waals surface area contributed by atoms with E-state index in [2.05, 4.69) is 26.0 Å². The van der Waals surface area contributed by atoms with E-state index in [1.807, 2.05) is 37.0 Å². The van der Waals surface area contributed by atoms with Gasteiger partial charge in [0.15, 0.2) is 0 Å². The van der Waals surface area contributed by atoms with Crippen molar-refractivity contribution in [2.24, 2.45) is 13.0 Å². The van der Waals surface area contributed by atoms with Crippen LogP contribution in [0.15, 0.2) is 18.3 Å². The van der Waals surface area contributed by atoms with Gasteiger partial charge in [-0.2, -0.15) is 5.10 Å². The van der Waals surface area contributed by atoms with Gasteiger partial charge in [0.1, 0.15) is 5.75 Å². The van der Waals surface area contributed by atoms with E-state index in [-0.39, 0.29) is 12.0 Å². The van der Waals surface area contributed by atoms with Gasteiger partial charge < -0.3 is 9.84 Å². The van der Waals surface area contributed by atoms with Gasteiger partial charge in [0.25, 0.3) is 0 Å². The highest BCUT2D eigenvalue weighted by atomic mass is 79.9. The molecule has 1 fully saturated rings. The summed E-state index contributed by atoms with van der Waals surface area (Å²) in [7, 11) is 1.91. The molecule has 0 radical (unpaired) electrons. The number of hydrogen-bond donors (Lipinski definition) is 1. The molecule has 1 N–H and O–H groups in total. The summed E-state index contributed by atoms with van der Waals surface area (Å²) in [5.74, 6) is -0.301. The van der Waals surface area contributed by atoms with Crippen molar-refractivity contribution in [1.82, 2.24) is 14.8 Å². The normalized spacial score (nSPS) is 20.4. The molecule has 2 unspecified atom stereocenters. The quantitative estimate of drug-likeness (QED) is 0.764. The highest BCUT2D eigenvalue weighted by Gasteiger charge is 2.28. The molecule has 3 rings (SSSR count). The number of halogens is 1. The van der Waals surface area contributed by atoms with Crippen molar-refractivity contribution >= 4 is 21.9 Å². The number of rotatable bonds is 5. The lowest BCUT2D eigenvalue weighted by atomic mass is 9.87. The molecule has 2 aromatic heterocycles. The molecule has 1 saturated carbocycles. The average Bonchev–Trinajstić information content (AvgIpc) is 2.97. The molecule has 0 amide bonds. The lowest BCUT2D eigenvalue weighted by Crippen LogP contribution is -2.29. The van der Waals surface area contributed by atoms with Gasteiger partial charge in [-0.1, -0.05) is 15.9 Å². The van der Waals surface area contributed by atoms with Gasteiger partial charge >= 0.3 is 5.97 Å². The third kappa shape index (κ3) is 3.86. The number of aromatic nitrogens is 3. The highest BCUT2D eigenvalue weighted by molar-refractivity contribution is 9.08. The largest absolute Gasteiger partial charge is 0.489 e. The van der Waals surface area contributed by atoms with Gasteiger partial charge in [-0.25, -0.2) is 4.98 Å². The Morgan fingerprint density at radius 1 is 1.44 bits per heavy atom. The van der Waals surface area contributed by atoms with E-state index < -0.39 is 5.97 Å². The first-order valence-corrected chi connectivity index (χ1v) is 9.56. The minimum absolute atomic E-state index is 0.0577. The summed E-state index contributed by atoms with van der Waals surface area (Å²) in [6.07, 6.45) is 4.84. The third-order valence-electron chi connectivity index (χ3n) is 4.77. The second-order valence-corrected chi connectivity index (χ2v) is 7.04. The summed E-state index contributed by atoms with van der Waals surface area (Å²) in [5.41, 5.74) is 3.73. The number of ether oxygens (including phenoxy) is 1. The van der Waals surface area contributed by atoms with Crippen molar-refractivity contribution < 1.29 is 14.6 Å². The molecule has 0 aliphatic heterocycles. The first kappa shape index (κ1) is 17.9. The maximum Gasteiger partial charge on any atom is 0.306 e. The van der Waals surface area contributed by atoms with Crippen LogP contribution in [-0.2, 0) is 17.2 Å². The van der Waals surface area contributed by atoms with Gasteiger partial charge in [-0.3, -0.25) is 9.48 Å². The monoisotopic (exact) mass is 407 g/mol. The minimum Gasteiger partial charge on any atom is -0.489 e. The molecule has 1 aliphatic carbocycles. The lowest BCUT2D eigenvalue weighted by Gasteiger charge is -2.27. The Morgan fingerprint density at radius 3 is 2.92 bits per heavy atom. The van der Waals surface area contributed by atoms with Crippen LogP contribution < -0.4 is 4.74 Å². The molecule has 6 nitrogen and oxygen atoms in total. The van der Waals surface area contributed by atoms with Crippen molar-refractivity contribution in [2.45, 2.75) is 44.0 Å². The number of nitrogens with zero attached hydrogens (tertiary/aromatic N) is 3. The first-order chi connectivity index (χ1) is 12.0. The first-order valence-electron chi connectivity index (χ1n) is 8.44. The van der Waals surface area contributed by atoms with Crippen LogP contribution in [0.5, 0.6) is 5.75 Å². The number of carboxylic acids is 1. The molecule has 0 spiro atoms. The number of aliphatic carboxylic acids is 1. The van der Waals surface area contributed by atoms with Crippen molar-refractivity contribution in [3.8, 4) is 17.0 Å². The zero-order chi connectivity index (χ0) is 18.0. The summed E-state index contributed by atoms with van der Waals surface area (Å²) in [6.45, 7) is 1.92. The van der Waals surface area contributed by atoms with E-state index in [9.17, 15) is 9.90 Å². The number of alkyl halides is 1. The maximum atomic E-state index is 11.2. The van der Waals surface area contributed by atoms with Crippen LogP contribution in [0.3, 0.4) is 0 Å². The van der Waals surface area contributed by atoms with Crippen LogP contribution in [0, 0.1) is 12.8 Å². The second-order valence-electron chi connectivity index (χ2n) is 6.48. The Morgan fingerprint density at radius 2 is 2.24 bits per heavy atom. The Labute approximate surface area is 155 Å². The number of aryl methyl sites for hydroxylation is 2. The molecule has 134 valence electrons. The van der Waals surface area contributed by atoms with E-state index in [1.165, 1.54) is 0 Å². The number of carbonyl (C=O) groups is 1. The van der Waals surface area contributed by atoms with Crippen molar-refractivity contribution in [2.75, 3.05) is 0 Å². The van der Waals surface area contributed by atoms with Crippen LogP contribution >= 0.6 is 15.9 Å². The van der Waals surface area contributed by atoms with Gasteiger partial charge in [0.2, 0.25) is 0 Å². The Hall–Kier alpha value is -1.89. The fourth-order valence-corrected chi connectivity index (χ4v) is 3.98. The molecule has 2 heterocycles. The molecule has 0 bridgehead atoms. The predicted octanol–water partition coefficient (Wildman–Crippen LogP) is 3.71. The Kier molecular flexibility index (Phi) is 5.42. The van der Waals surface area contributed by atoms with E-state index in [4.69, 9.17) is 4.74 Å². The standard InChI is InChI=1S/C18H22BrN3O3/c1-11-17(25-13-5-3-4-12(8-13)18(23)24)7-6-15(21-11)14-10-20-22(2)16(14)9-19/h6-7,10,12-13H,3-5,8-9H2,1-2H3,(H,23,24). The third-order valence-corrected chi connectivity index (χ3v) is 5.30. The topological polar surface area (TPSA) is 77.2 Å². The highest BCUT2D eigenvalue weighted by Crippen LogP contribution is 2.31. The Bertz CT molecular complexity index is 775.